The van der Waals surface area contributed by atoms with Gasteiger partial charge in [-0.3, -0.25) is 0 Å². The van der Waals surface area contributed by atoms with Crippen LogP contribution < -0.4 is 5.73 Å². The second kappa shape index (κ2) is 8.08. The zero-order valence-corrected chi connectivity index (χ0v) is 10.5. The Morgan fingerprint density at radius 2 is 1.93 bits per heavy atom. The van der Waals surface area contributed by atoms with Gasteiger partial charge in [-0.15, -0.1) is 0 Å². The van der Waals surface area contributed by atoms with Gasteiger partial charge < -0.3 is 15.6 Å². The molecule has 0 saturated carbocycles. The third-order valence-corrected chi connectivity index (χ3v) is 2.49. The van der Waals surface area contributed by atoms with Crippen molar-refractivity contribution in [3.8, 4) is 0 Å². The number of ether oxygens (including phenoxy) is 1. The van der Waals surface area contributed by atoms with Crippen molar-refractivity contribution in [2.75, 3.05) is 19.8 Å². The zero-order valence-electron chi connectivity index (χ0n) is 10.5. The number of unbranched alkanes of at least 4 members (excludes halogenated alkanes) is 1. The maximum atomic E-state index is 8.94. The zero-order chi connectivity index (χ0) is 11.7. The highest BCUT2D eigenvalue weighted by molar-refractivity contribution is 4.76. The molecule has 3 heteroatoms. The van der Waals surface area contributed by atoms with Crippen molar-refractivity contribution in [3.63, 3.8) is 0 Å². The molecule has 0 radical (unpaired) electrons. The molecule has 3 nitrogen and oxygen atoms in total. The number of rotatable bonds is 9. The van der Waals surface area contributed by atoms with Crippen LogP contribution in [0.15, 0.2) is 0 Å². The molecule has 0 aliphatic heterocycles. The van der Waals surface area contributed by atoms with E-state index in [-0.39, 0.29) is 6.61 Å². The summed E-state index contributed by atoms with van der Waals surface area (Å²) in [5.74, 6) is 0.715. The maximum absolute atomic E-state index is 8.94. The fourth-order valence-corrected chi connectivity index (χ4v) is 1.23. The van der Waals surface area contributed by atoms with Gasteiger partial charge in [-0.25, -0.2) is 0 Å². The van der Waals surface area contributed by atoms with Gasteiger partial charge in [0, 0.05) is 18.8 Å². The van der Waals surface area contributed by atoms with E-state index in [1.165, 1.54) is 0 Å². The average molecular weight is 217 g/mol. The van der Waals surface area contributed by atoms with Gasteiger partial charge in [0.25, 0.3) is 0 Å². The number of aliphatic hydroxyl groups is 1. The molecule has 15 heavy (non-hydrogen) atoms. The maximum Gasteiger partial charge on any atom is 0.0608 e. The Labute approximate surface area is 94.0 Å². The standard InChI is InChI=1S/C12H27NO2/c1-11(2)6-9-15-8-5-4-7-12(3,13)10-14/h11,14H,4-10,13H2,1-3H3. The lowest BCUT2D eigenvalue weighted by Gasteiger charge is -2.21. The molecule has 0 saturated heterocycles. The van der Waals surface area contributed by atoms with E-state index in [0.29, 0.717) is 5.92 Å². The Hall–Kier alpha value is -0.120. The Balaban J connectivity index is 3.18. The summed E-state index contributed by atoms with van der Waals surface area (Å²) in [4.78, 5) is 0. The third kappa shape index (κ3) is 10.2. The van der Waals surface area contributed by atoms with Gasteiger partial charge in [-0.2, -0.15) is 0 Å². The fraction of sp³-hybridized carbons (Fsp3) is 1.00. The lowest BCUT2D eigenvalue weighted by atomic mass is 9.97. The van der Waals surface area contributed by atoms with Crippen LogP contribution in [0.4, 0.5) is 0 Å². The molecule has 0 aliphatic carbocycles. The van der Waals surface area contributed by atoms with Gasteiger partial charge in [0.1, 0.15) is 0 Å². The molecule has 92 valence electrons. The lowest BCUT2D eigenvalue weighted by Crippen LogP contribution is -2.39. The monoisotopic (exact) mass is 217 g/mol. The molecular formula is C12H27NO2. The van der Waals surface area contributed by atoms with E-state index >= 15 is 0 Å². The number of aliphatic hydroxyl groups excluding tert-OH is 1. The van der Waals surface area contributed by atoms with Crippen LogP contribution in [0, 0.1) is 5.92 Å². The summed E-state index contributed by atoms with van der Waals surface area (Å²) in [6.07, 6.45) is 4.04. The van der Waals surface area contributed by atoms with Gasteiger partial charge >= 0.3 is 0 Å². The van der Waals surface area contributed by atoms with Crippen molar-refractivity contribution in [1.82, 2.24) is 0 Å². The molecule has 1 atom stereocenters. The van der Waals surface area contributed by atoms with Gasteiger partial charge in [0.2, 0.25) is 0 Å². The van der Waals surface area contributed by atoms with Crippen LogP contribution in [-0.2, 0) is 4.74 Å². The van der Waals surface area contributed by atoms with E-state index in [9.17, 15) is 0 Å². The molecule has 0 amide bonds. The topological polar surface area (TPSA) is 55.5 Å². The van der Waals surface area contributed by atoms with Gasteiger partial charge in [0.05, 0.1) is 6.61 Å². The molecule has 0 aromatic carbocycles. The molecule has 0 aromatic rings. The van der Waals surface area contributed by atoms with Crippen LogP contribution >= 0.6 is 0 Å². The third-order valence-electron chi connectivity index (χ3n) is 2.49. The van der Waals surface area contributed by atoms with E-state index in [1.54, 1.807) is 0 Å². The van der Waals surface area contributed by atoms with Crippen molar-refractivity contribution in [1.29, 1.82) is 0 Å². The molecule has 3 N–H and O–H groups in total. The number of hydrogen-bond donors (Lipinski definition) is 2. The smallest absolute Gasteiger partial charge is 0.0608 e. The summed E-state index contributed by atoms with van der Waals surface area (Å²) in [6.45, 7) is 8.01. The molecule has 0 fully saturated rings. The summed E-state index contributed by atoms with van der Waals surface area (Å²) in [7, 11) is 0. The molecule has 1 unspecified atom stereocenters. The van der Waals surface area contributed by atoms with Gasteiger partial charge in [-0.1, -0.05) is 13.8 Å². The first-order chi connectivity index (χ1) is 6.98. The van der Waals surface area contributed by atoms with Crippen LogP contribution in [0.1, 0.15) is 46.5 Å². The minimum absolute atomic E-state index is 0.0568. The summed E-state index contributed by atoms with van der Waals surface area (Å²) < 4.78 is 5.49. The predicted molar refractivity (Wildman–Crippen MR) is 63.8 cm³/mol. The molecular weight excluding hydrogens is 190 g/mol. The second-order valence-corrected chi connectivity index (χ2v) is 5.06. The minimum Gasteiger partial charge on any atom is -0.394 e. The second-order valence-electron chi connectivity index (χ2n) is 5.06. The van der Waals surface area contributed by atoms with E-state index in [1.807, 2.05) is 6.92 Å². The van der Waals surface area contributed by atoms with Crippen molar-refractivity contribution in [3.05, 3.63) is 0 Å². The Morgan fingerprint density at radius 3 is 2.47 bits per heavy atom. The summed E-state index contributed by atoms with van der Waals surface area (Å²) in [5, 5.41) is 8.94. The highest BCUT2D eigenvalue weighted by atomic mass is 16.5. The summed E-state index contributed by atoms with van der Waals surface area (Å²) in [5.41, 5.74) is 5.39. The highest BCUT2D eigenvalue weighted by Gasteiger charge is 2.15. The van der Waals surface area contributed by atoms with Crippen LogP contribution in [0.3, 0.4) is 0 Å². The van der Waals surface area contributed by atoms with E-state index < -0.39 is 5.54 Å². The Bertz CT molecular complexity index is 147. The molecule has 0 bridgehead atoms. The van der Waals surface area contributed by atoms with Crippen LogP contribution in [0.25, 0.3) is 0 Å². The number of hydrogen-bond acceptors (Lipinski definition) is 3. The fourth-order valence-electron chi connectivity index (χ4n) is 1.23. The first kappa shape index (κ1) is 14.9. The van der Waals surface area contributed by atoms with Crippen molar-refractivity contribution in [2.24, 2.45) is 11.7 Å². The van der Waals surface area contributed by atoms with Crippen molar-refractivity contribution < 1.29 is 9.84 Å². The molecule has 0 rings (SSSR count). The quantitative estimate of drug-likeness (QED) is 0.580. The van der Waals surface area contributed by atoms with Crippen LogP contribution in [0.5, 0.6) is 0 Å². The van der Waals surface area contributed by atoms with Gasteiger partial charge in [0.15, 0.2) is 0 Å². The van der Waals surface area contributed by atoms with E-state index in [0.717, 1.165) is 38.9 Å². The SMILES string of the molecule is CC(C)CCOCCCCC(C)(N)CO. The lowest BCUT2D eigenvalue weighted by molar-refractivity contribution is 0.116. The molecule has 0 aromatic heterocycles. The first-order valence-corrected chi connectivity index (χ1v) is 5.95. The molecule has 0 heterocycles. The van der Waals surface area contributed by atoms with E-state index in [2.05, 4.69) is 13.8 Å². The Morgan fingerprint density at radius 1 is 1.27 bits per heavy atom. The van der Waals surface area contributed by atoms with Gasteiger partial charge in [-0.05, 0) is 38.5 Å². The van der Waals surface area contributed by atoms with Crippen LogP contribution in [0.2, 0.25) is 0 Å². The first-order valence-electron chi connectivity index (χ1n) is 5.95. The normalized spacial score (nSPS) is 15.6. The minimum atomic E-state index is -0.419. The van der Waals surface area contributed by atoms with Crippen LogP contribution in [-0.4, -0.2) is 30.5 Å². The van der Waals surface area contributed by atoms with Crippen molar-refractivity contribution in [2.45, 2.75) is 52.0 Å². The average Bonchev–Trinajstić information content (AvgIpc) is 2.16. The van der Waals surface area contributed by atoms with E-state index in [4.69, 9.17) is 15.6 Å². The Kier molecular flexibility index (Phi) is 8.02. The highest BCUT2D eigenvalue weighted by Crippen LogP contribution is 2.09. The largest absolute Gasteiger partial charge is 0.394 e. The summed E-state index contributed by atoms with van der Waals surface area (Å²) >= 11 is 0. The molecule has 0 spiro atoms. The number of nitrogens with two attached hydrogens (primary N) is 1. The van der Waals surface area contributed by atoms with Crippen molar-refractivity contribution >= 4 is 0 Å². The summed E-state index contributed by atoms with van der Waals surface area (Å²) in [6, 6.07) is 0. The molecule has 0 aliphatic rings. The predicted octanol–water partition coefficient (Wildman–Crippen LogP) is 1.93.